The first-order chi connectivity index (χ1) is 14.3. The van der Waals surface area contributed by atoms with Crippen LogP contribution in [-0.4, -0.2) is 9.38 Å². The van der Waals surface area contributed by atoms with Crippen LogP contribution in [0.3, 0.4) is 0 Å². The van der Waals surface area contributed by atoms with Gasteiger partial charge in [0, 0.05) is 6.54 Å². The summed E-state index contributed by atoms with van der Waals surface area (Å²) >= 11 is 0. The molecule has 2 heterocycles. The van der Waals surface area contributed by atoms with E-state index in [9.17, 15) is 18.4 Å². The molecule has 4 nitrogen and oxygen atoms in total. The molecule has 7 heteroatoms. The maximum Gasteiger partial charge on any atom is 0.417 e. The maximum absolute atomic E-state index is 13.7. The number of para-hydroxylation sites is 2. The van der Waals surface area contributed by atoms with Crippen molar-refractivity contribution in [3.63, 3.8) is 0 Å². The van der Waals surface area contributed by atoms with Gasteiger partial charge in [0.1, 0.15) is 17.5 Å². The molecule has 1 N–H and O–H groups in total. The first-order valence-electron chi connectivity index (χ1n) is 9.54. The highest BCUT2D eigenvalue weighted by atomic mass is 19.4. The van der Waals surface area contributed by atoms with Crippen LogP contribution < -0.4 is 5.32 Å². The number of benzene rings is 2. The van der Waals surface area contributed by atoms with Crippen molar-refractivity contribution in [3.05, 3.63) is 76.9 Å². The Hall–Kier alpha value is -3.53. The molecule has 2 aromatic heterocycles. The molecule has 0 amide bonds. The predicted octanol–water partition coefficient (Wildman–Crippen LogP) is 6.11. The van der Waals surface area contributed by atoms with E-state index in [0.717, 1.165) is 11.6 Å². The van der Waals surface area contributed by atoms with Crippen molar-refractivity contribution >= 4 is 22.5 Å². The van der Waals surface area contributed by atoms with E-state index in [4.69, 9.17) is 0 Å². The molecule has 30 heavy (non-hydrogen) atoms. The van der Waals surface area contributed by atoms with E-state index in [-0.39, 0.29) is 11.5 Å². The number of anilines is 1. The predicted molar refractivity (Wildman–Crippen MR) is 110 cm³/mol. The van der Waals surface area contributed by atoms with Crippen molar-refractivity contribution < 1.29 is 13.2 Å². The Bertz CT molecular complexity index is 1260. The van der Waals surface area contributed by atoms with Gasteiger partial charge in [-0.15, -0.1) is 0 Å². The van der Waals surface area contributed by atoms with E-state index in [1.165, 1.54) is 5.56 Å². The van der Waals surface area contributed by atoms with Gasteiger partial charge in [0.2, 0.25) is 0 Å². The topological polar surface area (TPSA) is 53.1 Å². The zero-order valence-electron chi connectivity index (χ0n) is 16.5. The van der Waals surface area contributed by atoms with E-state index in [1.807, 2.05) is 24.3 Å². The normalized spacial score (nSPS) is 11.9. The number of hydrogen-bond acceptors (Lipinski definition) is 3. The van der Waals surface area contributed by atoms with Crippen molar-refractivity contribution in [1.82, 2.24) is 9.38 Å². The Morgan fingerprint density at radius 1 is 1.10 bits per heavy atom. The van der Waals surface area contributed by atoms with Gasteiger partial charge in [0.05, 0.1) is 16.6 Å². The largest absolute Gasteiger partial charge is 0.417 e. The second-order valence-electron chi connectivity index (χ2n) is 7.44. The zero-order valence-corrected chi connectivity index (χ0v) is 16.5. The number of hydrogen-bond donors (Lipinski definition) is 1. The van der Waals surface area contributed by atoms with Gasteiger partial charge in [-0.1, -0.05) is 50.2 Å². The van der Waals surface area contributed by atoms with E-state index in [2.05, 4.69) is 24.1 Å². The number of nitrogens with one attached hydrogen (secondary N) is 1. The highest BCUT2D eigenvalue weighted by Gasteiger charge is 2.36. The molecule has 0 bridgehead atoms. The molecule has 0 atom stereocenters. The minimum Gasteiger partial charge on any atom is -0.367 e. The van der Waals surface area contributed by atoms with E-state index < -0.39 is 17.3 Å². The third-order valence-corrected chi connectivity index (χ3v) is 5.11. The van der Waals surface area contributed by atoms with Gasteiger partial charge >= 0.3 is 6.18 Å². The smallest absolute Gasteiger partial charge is 0.367 e. The summed E-state index contributed by atoms with van der Waals surface area (Å²) in [4.78, 5) is 4.31. The van der Waals surface area contributed by atoms with Crippen LogP contribution in [-0.2, 0) is 12.7 Å². The Balaban J connectivity index is 1.84. The SMILES string of the molecule is CC(C)c1ccc(CNc2cc(C(F)(F)F)c(C#N)c3nc4ccccc4n23)cc1. The Kier molecular flexibility index (Phi) is 4.86. The molecule has 0 fully saturated rings. The average molecular weight is 408 g/mol. The maximum atomic E-state index is 13.7. The summed E-state index contributed by atoms with van der Waals surface area (Å²) in [6, 6.07) is 17.7. The number of alkyl halides is 3. The van der Waals surface area contributed by atoms with Crippen molar-refractivity contribution in [2.75, 3.05) is 5.32 Å². The number of fused-ring (bicyclic) bond motifs is 3. The highest BCUT2D eigenvalue weighted by molar-refractivity contribution is 5.85. The number of nitrogens with zero attached hydrogens (tertiary/aromatic N) is 3. The number of pyridine rings is 1. The van der Waals surface area contributed by atoms with Crippen LogP contribution in [0.25, 0.3) is 16.7 Å². The fourth-order valence-corrected chi connectivity index (χ4v) is 3.51. The van der Waals surface area contributed by atoms with Gasteiger partial charge in [0.25, 0.3) is 0 Å². The quantitative estimate of drug-likeness (QED) is 0.443. The second-order valence-corrected chi connectivity index (χ2v) is 7.44. The molecule has 4 rings (SSSR count). The molecule has 0 saturated carbocycles. The van der Waals surface area contributed by atoms with Crippen LogP contribution in [0.1, 0.15) is 42.0 Å². The molecule has 152 valence electrons. The summed E-state index contributed by atoms with van der Waals surface area (Å²) in [6.07, 6.45) is -4.67. The first kappa shape index (κ1) is 19.8. The van der Waals surface area contributed by atoms with Crippen molar-refractivity contribution in [2.24, 2.45) is 0 Å². The molecule has 0 spiro atoms. The summed E-state index contributed by atoms with van der Waals surface area (Å²) in [5, 5.41) is 12.6. The van der Waals surface area contributed by atoms with Gasteiger partial charge in [-0.05, 0) is 35.2 Å². The fraction of sp³-hybridized carbons (Fsp3) is 0.217. The summed E-state index contributed by atoms with van der Waals surface area (Å²) in [5.41, 5.74) is 1.81. The molecule has 2 aromatic carbocycles. The average Bonchev–Trinajstić information content (AvgIpc) is 3.11. The van der Waals surface area contributed by atoms with Crippen molar-refractivity contribution in [2.45, 2.75) is 32.5 Å². The van der Waals surface area contributed by atoms with Crippen molar-refractivity contribution in [3.8, 4) is 6.07 Å². The summed E-state index contributed by atoms with van der Waals surface area (Å²) in [7, 11) is 0. The molecule has 0 unspecified atom stereocenters. The first-order valence-corrected chi connectivity index (χ1v) is 9.54. The molecule has 0 radical (unpaired) electrons. The minimum atomic E-state index is -4.67. The van der Waals surface area contributed by atoms with E-state index in [0.29, 0.717) is 23.5 Å². The van der Waals surface area contributed by atoms with Gasteiger partial charge in [-0.25, -0.2) is 4.98 Å². The number of rotatable bonds is 4. The Morgan fingerprint density at radius 2 is 1.80 bits per heavy atom. The monoisotopic (exact) mass is 408 g/mol. The fourth-order valence-electron chi connectivity index (χ4n) is 3.51. The van der Waals surface area contributed by atoms with Crippen LogP contribution >= 0.6 is 0 Å². The van der Waals surface area contributed by atoms with Crippen LogP contribution in [0, 0.1) is 11.3 Å². The number of halogens is 3. The lowest BCUT2D eigenvalue weighted by Gasteiger charge is -2.16. The van der Waals surface area contributed by atoms with E-state index in [1.54, 1.807) is 34.7 Å². The molecule has 0 aliphatic carbocycles. The van der Waals surface area contributed by atoms with Gasteiger partial charge in [-0.2, -0.15) is 18.4 Å². The molecule has 0 aliphatic rings. The summed E-state index contributed by atoms with van der Waals surface area (Å²) in [5.74, 6) is 0.634. The third kappa shape index (κ3) is 3.45. The van der Waals surface area contributed by atoms with Gasteiger partial charge in [-0.3, -0.25) is 4.40 Å². The van der Waals surface area contributed by atoms with Gasteiger partial charge < -0.3 is 5.32 Å². The lowest BCUT2D eigenvalue weighted by molar-refractivity contribution is -0.137. The molecule has 4 aromatic rings. The molecular weight excluding hydrogens is 389 g/mol. The number of imidazole rings is 1. The lowest BCUT2D eigenvalue weighted by atomic mass is 10.0. The number of nitriles is 1. The lowest BCUT2D eigenvalue weighted by Crippen LogP contribution is -2.13. The number of aromatic nitrogens is 2. The molecular formula is C23H19F3N4. The van der Waals surface area contributed by atoms with Crippen LogP contribution in [0.2, 0.25) is 0 Å². The molecule has 0 aliphatic heterocycles. The highest BCUT2D eigenvalue weighted by Crippen LogP contribution is 2.37. The van der Waals surface area contributed by atoms with E-state index >= 15 is 0 Å². The van der Waals surface area contributed by atoms with Gasteiger partial charge in [0.15, 0.2) is 5.65 Å². The van der Waals surface area contributed by atoms with Crippen molar-refractivity contribution in [1.29, 1.82) is 5.26 Å². The Morgan fingerprint density at radius 3 is 2.43 bits per heavy atom. The van der Waals surface area contributed by atoms with Crippen LogP contribution in [0.4, 0.5) is 19.0 Å². The van der Waals surface area contributed by atoms with Crippen LogP contribution in [0.15, 0.2) is 54.6 Å². The van der Waals surface area contributed by atoms with Crippen LogP contribution in [0.5, 0.6) is 0 Å². The molecule has 0 saturated heterocycles. The zero-order chi connectivity index (χ0) is 21.5. The standard InChI is InChI=1S/C23H19F3N4/c1-14(2)16-9-7-15(8-10-16)13-28-21-11-18(23(24,25)26)17(12-27)22-29-19-5-3-4-6-20(19)30(21)22/h3-11,14,28H,13H2,1-2H3. The summed E-state index contributed by atoms with van der Waals surface area (Å²) in [6.45, 7) is 4.54. The Labute approximate surface area is 171 Å². The third-order valence-electron chi connectivity index (χ3n) is 5.11. The minimum absolute atomic E-state index is 0.00817. The second kappa shape index (κ2) is 7.38. The summed E-state index contributed by atoms with van der Waals surface area (Å²) < 4.78 is 42.6.